The van der Waals surface area contributed by atoms with Crippen molar-refractivity contribution in [1.82, 2.24) is 0 Å². The van der Waals surface area contributed by atoms with E-state index in [9.17, 15) is 19.2 Å². The van der Waals surface area contributed by atoms with E-state index >= 15 is 0 Å². The highest BCUT2D eigenvalue weighted by Crippen LogP contribution is 2.39. The zero-order chi connectivity index (χ0) is 24.1. The molecule has 0 aromatic heterocycles. The van der Waals surface area contributed by atoms with Gasteiger partial charge in [0.05, 0.1) is 35.0 Å². The molecule has 35 heavy (non-hydrogen) atoms. The van der Waals surface area contributed by atoms with Gasteiger partial charge in [-0.05, 0) is 74.2 Å². The van der Waals surface area contributed by atoms with E-state index < -0.39 is 0 Å². The first-order valence-electron chi connectivity index (χ1n) is 12.0. The lowest BCUT2D eigenvalue weighted by molar-refractivity contribution is -0.124. The predicted molar refractivity (Wildman–Crippen MR) is 129 cm³/mol. The van der Waals surface area contributed by atoms with Crippen molar-refractivity contribution in [2.24, 2.45) is 23.7 Å². The van der Waals surface area contributed by atoms with Gasteiger partial charge in [-0.1, -0.05) is 24.3 Å². The van der Waals surface area contributed by atoms with Crippen LogP contribution in [0.5, 0.6) is 11.5 Å². The number of ether oxygens (including phenoxy) is 1. The molecule has 6 rings (SSSR count). The third-order valence-corrected chi connectivity index (χ3v) is 7.35. The third-order valence-electron chi connectivity index (χ3n) is 7.35. The number of hydrogen-bond donors (Lipinski definition) is 0. The van der Waals surface area contributed by atoms with Crippen molar-refractivity contribution in [2.45, 2.75) is 25.7 Å². The second-order valence-electron chi connectivity index (χ2n) is 9.39. The molecule has 2 aliphatic carbocycles. The number of allylic oxidation sites excluding steroid dienone is 2. The molecule has 2 heterocycles. The van der Waals surface area contributed by atoms with Crippen molar-refractivity contribution in [3.8, 4) is 11.5 Å². The number of anilines is 2. The van der Waals surface area contributed by atoms with E-state index in [0.717, 1.165) is 12.8 Å². The first-order chi connectivity index (χ1) is 17.0. The number of nitrogens with zero attached hydrogens (tertiary/aromatic N) is 2. The van der Waals surface area contributed by atoms with Gasteiger partial charge in [-0.25, -0.2) is 9.80 Å². The van der Waals surface area contributed by atoms with Crippen molar-refractivity contribution in [1.29, 1.82) is 0 Å². The summed E-state index contributed by atoms with van der Waals surface area (Å²) in [6, 6.07) is 13.7. The second kappa shape index (κ2) is 8.34. The maximum Gasteiger partial charge on any atom is 0.241 e. The van der Waals surface area contributed by atoms with Crippen molar-refractivity contribution in [2.75, 3.05) is 9.80 Å². The van der Waals surface area contributed by atoms with Gasteiger partial charge in [-0.2, -0.15) is 0 Å². The quantitative estimate of drug-likeness (QED) is 0.491. The lowest BCUT2D eigenvalue weighted by Gasteiger charge is -2.16. The van der Waals surface area contributed by atoms with Gasteiger partial charge in [0.2, 0.25) is 23.6 Å². The summed E-state index contributed by atoms with van der Waals surface area (Å²) in [6.07, 6.45) is 10.7. The first kappa shape index (κ1) is 21.5. The molecule has 7 heteroatoms. The van der Waals surface area contributed by atoms with Crippen molar-refractivity contribution in [3.63, 3.8) is 0 Å². The Morgan fingerprint density at radius 1 is 0.571 bits per heavy atom. The van der Waals surface area contributed by atoms with Crippen molar-refractivity contribution in [3.05, 3.63) is 72.8 Å². The fourth-order valence-electron chi connectivity index (χ4n) is 5.55. The number of amides is 4. The Kier molecular flexibility index (Phi) is 5.13. The minimum absolute atomic E-state index is 0.144. The fourth-order valence-corrected chi connectivity index (χ4v) is 5.55. The van der Waals surface area contributed by atoms with E-state index in [1.807, 2.05) is 24.3 Å². The summed E-state index contributed by atoms with van der Waals surface area (Å²) in [7, 11) is 0. The van der Waals surface area contributed by atoms with Gasteiger partial charge in [0.25, 0.3) is 0 Å². The Balaban J connectivity index is 1.15. The Bertz CT molecular complexity index is 1180. The van der Waals surface area contributed by atoms with Crippen LogP contribution in [0.25, 0.3) is 0 Å². The van der Waals surface area contributed by atoms with Crippen LogP contribution < -0.4 is 14.5 Å². The number of carbonyl (C=O) groups is 4. The van der Waals surface area contributed by atoms with Gasteiger partial charge in [0.15, 0.2) is 0 Å². The fraction of sp³-hybridized carbons (Fsp3) is 0.286. The van der Waals surface area contributed by atoms with Crippen LogP contribution in [0.4, 0.5) is 11.4 Å². The lowest BCUT2D eigenvalue weighted by atomic mass is 9.86. The molecule has 4 atom stereocenters. The van der Waals surface area contributed by atoms with Crippen LogP contribution in [0.15, 0.2) is 72.8 Å². The minimum Gasteiger partial charge on any atom is -0.457 e. The zero-order valence-corrected chi connectivity index (χ0v) is 19.0. The van der Waals surface area contributed by atoms with Gasteiger partial charge < -0.3 is 4.74 Å². The van der Waals surface area contributed by atoms with Crippen LogP contribution in [-0.2, 0) is 19.2 Å². The van der Waals surface area contributed by atoms with E-state index in [1.165, 1.54) is 9.80 Å². The molecule has 2 aromatic rings. The van der Waals surface area contributed by atoms with Crippen LogP contribution in [0, 0.1) is 23.7 Å². The summed E-state index contributed by atoms with van der Waals surface area (Å²) < 4.78 is 5.91. The summed E-state index contributed by atoms with van der Waals surface area (Å²) in [4.78, 5) is 53.6. The monoisotopic (exact) mass is 468 g/mol. The summed E-state index contributed by atoms with van der Waals surface area (Å²) >= 11 is 0. The maximum absolute atomic E-state index is 12.8. The molecule has 4 unspecified atom stereocenters. The van der Waals surface area contributed by atoms with Gasteiger partial charge in [0, 0.05) is 0 Å². The average molecular weight is 469 g/mol. The van der Waals surface area contributed by atoms with Crippen molar-refractivity contribution >= 4 is 35.0 Å². The molecular weight excluding hydrogens is 444 g/mol. The Morgan fingerprint density at radius 3 is 1.34 bits per heavy atom. The lowest BCUT2D eigenvalue weighted by Crippen LogP contribution is -2.30. The SMILES string of the molecule is O=C1C2C=CCCC2C(=O)N1c1ccc(Oc2ccc(N3C(=O)C4C=CCCC4C3=O)cc2)cc1. The van der Waals surface area contributed by atoms with Crippen LogP contribution >= 0.6 is 0 Å². The van der Waals surface area contributed by atoms with Crippen LogP contribution in [-0.4, -0.2) is 23.6 Å². The normalized spacial score (nSPS) is 27.4. The van der Waals surface area contributed by atoms with Crippen LogP contribution in [0.2, 0.25) is 0 Å². The topological polar surface area (TPSA) is 84.0 Å². The highest BCUT2D eigenvalue weighted by Gasteiger charge is 2.48. The average Bonchev–Trinajstić information content (AvgIpc) is 3.30. The smallest absolute Gasteiger partial charge is 0.241 e. The summed E-state index contributed by atoms with van der Waals surface area (Å²) in [5.41, 5.74) is 1.07. The van der Waals surface area contributed by atoms with E-state index in [1.54, 1.807) is 48.5 Å². The summed E-state index contributed by atoms with van der Waals surface area (Å²) in [5.74, 6) is -0.814. The van der Waals surface area contributed by atoms with Crippen molar-refractivity contribution < 1.29 is 23.9 Å². The molecule has 2 aliphatic heterocycles. The number of rotatable bonds is 4. The van der Waals surface area contributed by atoms with E-state index in [2.05, 4.69) is 0 Å². The van der Waals surface area contributed by atoms with E-state index in [4.69, 9.17) is 4.74 Å². The number of benzene rings is 2. The molecule has 0 bridgehead atoms. The number of carbonyl (C=O) groups excluding carboxylic acids is 4. The van der Waals surface area contributed by atoms with Crippen LogP contribution in [0.3, 0.4) is 0 Å². The number of fused-ring (bicyclic) bond motifs is 2. The van der Waals surface area contributed by atoms with Gasteiger partial charge in [-0.3, -0.25) is 19.2 Å². The maximum atomic E-state index is 12.8. The Labute approximate surface area is 202 Å². The van der Waals surface area contributed by atoms with Gasteiger partial charge in [0.1, 0.15) is 11.5 Å². The Morgan fingerprint density at radius 2 is 0.971 bits per heavy atom. The highest BCUT2D eigenvalue weighted by atomic mass is 16.5. The van der Waals surface area contributed by atoms with E-state index in [-0.39, 0.29) is 47.3 Å². The largest absolute Gasteiger partial charge is 0.457 e. The minimum atomic E-state index is -0.361. The molecule has 0 saturated carbocycles. The first-order valence-corrected chi connectivity index (χ1v) is 12.0. The molecule has 0 spiro atoms. The van der Waals surface area contributed by atoms with Gasteiger partial charge in [-0.15, -0.1) is 0 Å². The second-order valence-corrected chi connectivity index (χ2v) is 9.39. The molecule has 176 valence electrons. The molecular formula is C28H24N2O5. The number of hydrogen-bond acceptors (Lipinski definition) is 5. The molecule has 4 amide bonds. The molecule has 7 nitrogen and oxygen atoms in total. The molecule has 0 radical (unpaired) electrons. The van der Waals surface area contributed by atoms with Crippen LogP contribution in [0.1, 0.15) is 25.7 Å². The van der Waals surface area contributed by atoms with E-state index in [0.29, 0.717) is 35.7 Å². The molecule has 2 saturated heterocycles. The third kappa shape index (κ3) is 3.50. The van der Waals surface area contributed by atoms with Gasteiger partial charge >= 0.3 is 0 Å². The predicted octanol–water partition coefficient (Wildman–Crippen LogP) is 4.39. The molecule has 4 aliphatic rings. The molecule has 2 aromatic carbocycles. The number of imide groups is 2. The molecule has 0 N–H and O–H groups in total. The molecule has 2 fully saturated rings. The summed E-state index contributed by atoms with van der Waals surface area (Å²) in [5, 5.41) is 0. The summed E-state index contributed by atoms with van der Waals surface area (Å²) in [6.45, 7) is 0. The zero-order valence-electron chi connectivity index (χ0n) is 19.0. The Hall–Kier alpha value is -4.00. The standard InChI is InChI=1S/C28H24N2O5/c31-25-21-5-1-2-6-22(21)26(32)29(25)17-9-13-19(14-10-17)35-20-15-11-18(12-16-20)30-27(33)23-7-3-4-8-24(23)28(30)34/h1,3,5,7,9-16,21-24H,2,4,6,8H2. The highest BCUT2D eigenvalue weighted by molar-refractivity contribution is 6.23.